The summed E-state index contributed by atoms with van der Waals surface area (Å²) in [4.78, 5) is 18.5. The van der Waals surface area contributed by atoms with Gasteiger partial charge in [0.05, 0.1) is 0 Å². The van der Waals surface area contributed by atoms with Gasteiger partial charge in [-0.2, -0.15) is 0 Å². The Morgan fingerprint density at radius 2 is 1.95 bits per heavy atom. The van der Waals surface area contributed by atoms with E-state index >= 15 is 0 Å². The minimum Gasteiger partial charge on any atom is -0.328 e. The van der Waals surface area contributed by atoms with Crippen LogP contribution < -0.4 is 0 Å². The van der Waals surface area contributed by atoms with E-state index in [1.54, 1.807) is 35.4 Å². The summed E-state index contributed by atoms with van der Waals surface area (Å²) in [5, 5.41) is 0. The van der Waals surface area contributed by atoms with Crippen LogP contribution in [-0.2, 0) is 6.54 Å². The highest BCUT2D eigenvalue weighted by Gasteiger charge is 2.28. The van der Waals surface area contributed by atoms with Crippen molar-refractivity contribution in [1.29, 1.82) is 0 Å². The maximum atomic E-state index is 13.3. The maximum absolute atomic E-state index is 13.3. The SMILES string of the molecule is CC(C)(C)N(Cc1cccc(F)c1)C(=O)c1ccccn1. The average molecular weight is 286 g/mol. The molecule has 0 saturated heterocycles. The zero-order chi connectivity index (χ0) is 15.5. The Bertz CT molecular complexity index is 620. The lowest BCUT2D eigenvalue weighted by Crippen LogP contribution is -2.45. The normalized spacial score (nSPS) is 11.2. The first kappa shape index (κ1) is 15.2. The molecule has 0 saturated carbocycles. The highest BCUT2D eigenvalue weighted by atomic mass is 19.1. The minimum atomic E-state index is -0.388. The molecule has 0 unspecified atom stereocenters. The zero-order valence-corrected chi connectivity index (χ0v) is 12.5. The number of amides is 1. The predicted molar refractivity (Wildman–Crippen MR) is 80.3 cm³/mol. The third-order valence-electron chi connectivity index (χ3n) is 3.17. The number of halogens is 1. The van der Waals surface area contributed by atoms with Crippen molar-refractivity contribution in [2.75, 3.05) is 0 Å². The molecular weight excluding hydrogens is 267 g/mol. The number of hydrogen-bond acceptors (Lipinski definition) is 2. The van der Waals surface area contributed by atoms with E-state index in [4.69, 9.17) is 0 Å². The second kappa shape index (κ2) is 6.04. The Hall–Kier alpha value is -2.23. The van der Waals surface area contributed by atoms with Crippen molar-refractivity contribution in [2.24, 2.45) is 0 Å². The Morgan fingerprint density at radius 1 is 1.19 bits per heavy atom. The third kappa shape index (κ3) is 3.88. The van der Waals surface area contributed by atoms with Crippen LogP contribution in [0.25, 0.3) is 0 Å². The first-order chi connectivity index (χ1) is 9.88. The van der Waals surface area contributed by atoms with Gasteiger partial charge in [-0.1, -0.05) is 18.2 Å². The standard InChI is InChI=1S/C17H19FN2O/c1-17(2,3)20(12-13-7-6-8-14(18)11-13)16(21)15-9-4-5-10-19-15/h4-11H,12H2,1-3H3. The molecule has 1 aromatic heterocycles. The van der Waals surface area contributed by atoms with Crippen LogP contribution in [-0.4, -0.2) is 21.3 Å². The largest absolute Gasteiger partial charge is 0.328 e. The third-order valence-corrected chi connectivity index (χ3v) is 3.17. The van der Waals surface area contributed by atoms with Gasteiger partial charge in [-0.25, -0.2) is 4.39 Å². The van der Waals surface area contributed by atoms with E-state index in [-0.39, 0.29) is 17.3 Å². The molecule has 0 atom stereocenters. The molecule has 0 bridgehead atoms. The quantitative estimate of drug-likeness (QED) is 0.862. The van der Waals surface area contributed by atoms with Crippen molar-refractivity contribution >= 4 is 5.91 Å². The lowest BCUT2D eigenvalue weighted by atomic mass is 10.0. The lowest BCUT2D eigenvalue weighted by molar-refractivity contribution is 0.0552. The topological polar surface area (TPSA) is 33.2 Å². The molecule has 0 aliphatic rings. The molecule has 4 heteroatoms. The smallest absolute Gasteiger partial charge is 0.273 e. The second-order valence-corrected chi connectivity index (χ2v) is 5.91. The van der Waals surface area contributed by atoms with Gasteiger partial charge in [0, 0.05) is 18.3 Å². The van der Waals surface area contributed by atoms with Crippen LogP contribution in [0.5, 0.6) is 0 Å². The van der Waals surface area contributed by atoms with Gasteiger partial charge in [0.1, 0.15) is 11.5 Å². The number of carbonyl (C=O) groups excluding carboxylic acids is 1. The van der Waals surface area contributed by atoms with Crippen molar-refractivity contribution in [3.8, 4) is 0 Å². The summed E-state index contributed by atoms with van der Waals surface area (Å²) in [6, 6.07) is 11.5. The summed E-state index contributed by atoms with van der Waals surface area (Å²) in [6.45, 7) is 6.20. The number of carbonyl (C=O) groups is 1. The fourth-order valence-electron chi connectivity index (χ4n) is 2.06. The van der Waals surface area contributed by atoms with Crippen LogP contribution in [0.3, 0.4) is 0 Å². The minimum absolute atomic E-state index is 0.160. The first-order valence-electron chi connectivity index (χ1n) is 6.85. The van der Waals surface area contributed by atoms with Crippen molar-refractivity contribution < 1.29 is 9.18 Å². The van der Waals surface area contributed by atoms with Crippen LogP contribution in [0.1, 0.15) is 36.8 Å². The Kier molecular flexibility index (Phi) is 4.36. The van der Waals surface area contributed by atoms with E-state index < -0.39 is 0 Å². The summed E-state index contributed by atoms with van der Waals surface area (Å²) in [6.07, 6.45) is 1.59. The summed E-state index contributed by atoms with van der Waals surface area (Å²) in [5.74, 6) is -0.459. The Morgan fingerprint density at radius 3 is 2.52 bits per heavy atom. The number of rotatable bonds is 3. The van der Waals surface area contributed by atoms with Gasteiger partial charge >= 0.3 is 0 Å². The molecule has 2 rings (SSSR count). The summed E-state index contributed by atoms with van der Waals surface area (Å²) >= 11 is 0. The van der Waals surface area contributed by atoms with Crippen molar-refractivity contribution in [2.45, 2.75) is 32.9 Å². The molecule has 2 aromatic rings. The average Bonchev–Trinajstić information content (AvgIpc) is 2.44. The van der Waals surface area contributed by atoms with E-state index in [1.807, 2.05) is 26.8 Å². The molecule has 0 N–H and O–H groups in total. The molecule has 1 heterocycles. The summed E-state index contributed by atoms with van der Waals surface area (Å²) in [5.41, 5.74) is 0.763. The van der Waals surface area contributed by atoms with Crippen molar-refractivity contribution in [1.82, 2.24) is 9.88 Å². The van der Waals surface area contributed by atoms with Crippen LogP contribution in [0, 0.1) is 5.82 Å². The second-order valence-electron chi connectivity index (χ2n) is 5.91. The van der Waals surface area contributed by atoms with Gasteiger partial charge in [0.15, 0.2) is 0 Å². The zero-order valence-electron chi connectivity index (χ0n) is 12.5. The molecule has 3 nitrogen and oxygen atoms in total. The molecule has 0 radical (unpaired) electrons. The van der Waals surface area contributed by atoms with E-state index in [2.05, 4.69) is 4.98 Å². The highest BCUT2D eigenvalue weighted by molar-refractivity contribution is 5.92. The van der Waals surface area contributed by atoms with E-state index in [0.717, 1.165) is 5.56 Å². The van der Waals surface area contributed by atoms with Crippen LogP contribution in [0.4, 0.5) is 4.39 Å². The van der Waals surface area contributed by atoms with Gasteiger partial charge in [-0.3, -0.25) is 9.78 Å². The lowest BCUT2D eigenvalue weighted by Gasteiger charge is -2.35. The van der Waals surface area contributed by atoms with Crippen LogP contribution in [0.15, 0.2) is 48.7 Å². The number of benzene rings is 1. The molecule has 0 aliphatic carbocycles. The molecule has 1 aromatic carbocycles. The maximum Gasteiger partial charge on any atom is 0.273 e. The van der Waals surface area contributed by atoms with Gasteiger partial charge in [-0.05, 0) is 50.6 Å². The van der Waals surface area contributed by atoms with Gasteiger partial charge in [0.25, 0.3) is 5.91 Å². The van der Waals surface area contributed by atoms with E-state index in [1.165, 1.54) is 12.1 Å². The summed E-state index contributed by atoms with van der Waals surface area (Å²) < 4.78 is 13.3. The fraction of sp³-hybridized carbons (Fsp3) is 0.294. The predicted octanol–water partition coefficient (Wildman–Crippen LogP) is 3.66. The Labute approximate surface area is 124 Å². The first-order valence-corrected chi connectivity index (χ1v) is 6.85. The Balaban J connectivity index is 2.30. The monoisotopic (exact) mass is 286 g/mol. The van der Waals surface area contributed by atoms with E-state index in [9.17, 15) is 9.18 Å². The number of aromatic nitrogens is 1. The van der Waals surface area contributed by atoms with Crippen molar-refractivity contribution in [3.63, 3.8) is 0 Å². The fourth-order valence-corrected chi connectivity index (χ4v) is 2.06. The number of hydrogen-bond donors (Lipinski definition) is 0. The van der Waals surface area contributed by atoms with Crippen molar-refractivity contribution in [3.05, 3.63) is 65.7 Å². The molecule has 0 fully saturated rings. The van der Waals surface area contributed by atoms with E-state index in [0.29, 0.717) is 12.2 Å². The highest BCUT2D eigenvalue weighted by Crippen LogP contribution is 2.20. The van der Waals surface area contributed by atoms with Gasteiger partial charge in [-0.15, -0.1) is 0 Å². The summed E-state index contributed by atoms with van der Waals surface area (Å²) in [7, 11) is 0. The van der Waals surface area contributed by atoms with Gasteiger partial charge in [0.2, 0.25) is 0 Å². The number of nitrogens with zero attached hydrogens (tertiary/aromatic N) is 2. The molecule has 110 valence electrons. The van der Waals surface area contributed by atoms with Gasteiger partial charge < -0.3 is 4.90 Å². The molecule has 0 aliphatic heterocycles. The molecule has 1 amide bonds. The molecule has 21 heavy (non-hydrogen) atoms. The number of pyridine rings is 1. The van der Waals surface area contributed by atoms with Crippen LogP contribution in [0.2, 0.25) is 0 Å². The van der Waals surface area contributed by atoms with Crippen LogP contribution >= 0.6 is 0 Å². The molecule has 0 spiro atoms. The molecular formula is C17H19FN2O.